The van der Waals surface area contributed by atoms with Gasteiger partial charge in [0.15, 0.2) is 5.79 Å². The van der Waals surface area contributed by atoms with Crippen LogP contribution < -0.4 is 0 Å². The van der Waals surface area contributed by atoms with Gasteiger partial charge < -0.3 is 24.1 Å². The fourth-order valence-electron chi connectivity index (χ4n) is 4.08. The summed E-state index contributed by atoms with van der Waals surface area (Å²) in [7, 11) is 0. The Morgan fingerprint density at radius 3 is 1.73 bits per heavy atom. The normalized spacial score (nSPS) is 24.7. The van der Waals surface area contributed by atoms with E-state index in [0.29, 0.717) is 32.8 Å². The predicted octanol–water partition coefficient (Wildman–Crippen LogP) is 4.87. The highest BCUT2D eigenvalue weighted by molar-refractivity contribution is 5.15. The second-order valence-corrected chi connectivity index (χ2v) is 8.33. The van der Waals surface area contributed by atoms with Gasteiger partial charge in [0.05, 0.1) is 26.4 Å². The van der Waals surface area contributed by atoms with E-state index in [1.54, 1.807) is 0 Å². The van der Waals surface area contributed by atoms with Gasteiger partial charge in [0.25, 0.3) is 0 Å². The number of hydrogen-bond donors (Lipinski definition) is 1. The van der Waals surface area contributed by atoms with E-state index < -0.39 is 24.1 Å². The first-order valence-corrected chi connectivity index (χ1v) is 11.5. The van der Waals surface area contributed by atoms with Gasteiger partial charge in [-0.1, -0.05) is 97.9 Å². The molecule has 0 spiro atoms. The maximum atomic E-state index is 11.3. The molecule has 4 rings (SSSR count). The molecule has 3 aromatic rings. The summed E-state index contributed by atoms with van der Waals surface area (Å²) in [5.74, 6) is -1.45. The third kappa shape index (κ3) is 6.28. The van der Waals surface area contributed by atoms with Crippen LogP contribution in [0.25, 0.3) is 0 Å². The van der Waals surface area contributed by atoms with Gasteiger partial charge >= 0.3 is 0 Å². The molecule has 33 heavy (non-hydrogen) atoms. The standard InChI is InChI=1S/C28H32O5/c1-2-28(29)27(32-20-24-16-10-5-11-17-24)26(31-19-23-14-8-4-9-15-23)25(33-28)21-30-18-22-12-6-3-7-13-22/h3-17,25-27,29H,2,18-21H2,1H3/t25-,26-,27+,28?/m1/s1. The van der Waals surface area contributed by atoms with Crippen molar-refractivity contribution in [1.29, 1.82) is 0 Å². The molecule has 0 radical (unpaired) electrons. The monoisotopic (exact) mass is 448 g/mol. The summed E-state index contributed by atoms with van der Waals surface area (Å²) in [6.07, 6.45) is -1.19. The molecule has 3 aromatic carbocycles. The third-order valence-electron chi connectivity index (χ3n) is 5.92. The Morgan fingerprint density at radius 1 is 0.727 bits per heavy atom. The first kappa shape index (κ1) is 23.6. The summed E-state index contributed by atoms with van der Waals surface area (Å²) in [4.78, 5) is 0. The van der Waals surface area contributed by atoms with Crippen molar-refractivity contribution in [2.45, 2.75) is 57.3 Å². The molecule has 5 heteroatoms. The zero-order chi connectivity index (χ0) is 22.9. The highest BCUT2D eigenvalue weighted by atomic mass is 16.7. The van der Waals surface area contributed by atoms with E-state index in [-0.39, 0.29) is 0 Å². The molecule has 1 heterocycles. The lowest BCUT2D eigenvalue weighted by atomic mass is 10.0. The topological polar surface area (TPSA) is 57.2 Å². The molecule has 174 valence electrons. The molecular formula is C28H32O5. The molecular weight excluding hydrogens is 416 g/mol. The smallest absolute Gasteiger partial charge is 0.195 e. The Kier molecular flexibility index (Phi) is 8.26. The lowest BCUT2D eigenvalue weighted by molar-refractivity contribution is -0.244. The molecule has 0 aliphatic carbocycles. The first-order chi connectivity index (χ1) is 16.2. The third-order valence-corrected chi connectivity index (χ3v) is 5.92. The van der Waals surface area contributed by atoms with Crippen molar-refractivity contribution in [2.75, 3.05) is 6.61 Å². The Labute approximate surface area is 195 Å². The maximum Gasteiger partial charge on any atom is 0.195 e. The molecule has 5 nitrogen and oxygen atoms in total. The van der Waals surface area contributed by atoms with E-state index in [2.05, 4.69) is 0 Å². The van der Waals surface area contributed by atoms with Gasteiger partial charge in [0, 0.05) is 6.42 Å². The van der Waals surface area contributed by atoms with Crippen molar-refractivity contribution in [2.24, 2.45) is 0 Å². The van der Waals surface area contributed by atoms with Crippen molar-refractivity contribution in [1.82, 2.24) is 0 Å². The summed E-state index contributed by atoms with van der Waals surface area (Å²) >= 11 is 0. The second-order valence-electron chi connectivity index (χ2n) is 8.33. The molecule has 1 fully saturated rings. The molecule has 0 amide bonds. The lowest BCUT2D eigenvalue weighted by Gasteiger charge is -2.29. The fraction of sp³-hybridized carbons (Fsp3) is 0.357. The van der Waals surface area contributed by atoms with Gasteiger partial charge in [-0.25, -0.2) is 0 Å². The van der Waals surface area contributed by atoms with Gasteiger partial charge in [-0.2, -0.15) is 0 Å². The van der Waals surface area contributed by atoms with E-state index in [4.69, 9.17) is 18.9 Å². The SMILES string of the molecule is CCC1(O)O[C@H](COCc2ccccc2)[C@@H](OCc2ccccc2)[C@@H]1OCc1ccccc1. The van der Waals surface area contributed by atoms with Crippen LogP contribution in [0.3, 0.4) is 0 Å². The Bertz CT molecular complexity index is 950. The molecule has 0 bridgehead atoms. The van der Waals surface area contributed by atoms with Gasteiger partial charge in [0.2, 0.25) is 0 Å². The van der Waals surface area contributed by atoms with Crippen LogP contribution >= 0.6 is 0 Å². The minimum atomic E-state index is -1.45. The van der Waals surface area contributed by atoms with Crippen LogP contribution in [0.1, 0.15) is 30.0 Å². The second kappa shape index (κ2) is 11.5. The summed E-state index contributed by atoms with van der Waals surface area (Å²) in [6, 6.07) is 29.9. The molecule has 1 saturated heterocycles. The fourth-order valence-corrected chi connectivity index (χ4v) is 4.08. The maximum absolute atomic E-state index is 11.3. The zero-order valence-electron chi connectivity index (χ0n) is 19.0. The van der Waals surface area contributed by atoms with E-state index in [1.165, 1.54) is 0 Å². The Balaban J connectivity index is 1.47. The predicted molar refractivity (Wildman–Crippen MR) is 126 cm³/mol. The van der Waals surface area contributed by atoms with Crippen LogP contribution in [0, 0.1) is 0 Å². The lowest BCUT2D eigenvalue weighted by Crippen LogP contribution is -2.45. The summed E-state index contributed by atoms with van der Waals surface area (Å²) in [5.41, 5.74) is 3.16. The van der Waals surface area contributed by atoms with Crippen molar-refractivity contribution >= 4 is 0 Å². The number of ether oxygens (including phenoxy) is 4. The summed E-state index contributed by atoms with van der Waals surface area (Å²) < 4.78 is 24.6. The average molecular weight is 449 g/mol. The van der Waals surface area contributed by atoms with E-state index >= 15 is 0 Å². The largest absolute Gasteiger partial charge is 0.374 e. The minimum Gasteiger partial charge on any atom is -0.374 e. The molecule has 4 atom stereocenters. The van der Waals surface area contributed by atoms with Crippen LogP contribution in [-0.2, 0) is 38.8 Å². The van der Waals surface area contributed by atoms with Crippen LogP contribution in [0.15, 0.2) is 91.0 Å². The number of rotatable bonds is 11. The van der Waals surface area contributed by atoms with Gasteiger partial charge in [0.1, 0.15) is 18.3 Å². The van der Waals surface area contributed by atoms with Crippen LogP contribution in [0.4, 0.5) is 0 Å². The van der Waals surface area contributed by atoms with Crippen LogP contribution in [0.2, 0.25) is 0 Å². The molecule has 1 unspecified atom stereocenters. The van der Waals surface area contributed by atoms with Crippen molar-refractivity contribution in [3.63, 3.8) is 0 Å². The van der Waals surface area contributed by atoms with Gasteiger partial charge in [-0.3, -0.25) is 0 Å². The first-order valence-electron chi connectivity index (χ1n) is 11.5. The Morgan fingerprint density at radius 2 is 1.21 bits per heavy atom. The summed E-state index contributed by atoms with van der Waals surface area (Å²) in [5, 5.41) is 11.3. The zero-order valence-corrected chi connectivity index (χ0v) is 19.0. The molecule has 1 aliphatic rings. The molecule has 1 N–H and O–H groups in total. The minimum absolute atomic E-state index is 0.294. The van der Waals surface area contributed by atoms with Crippen LogP contribution in [0.5, 0.6) is 0 Å². The molecule has 0 saturated carbocycles. The van der Waals surface area contributed by atoms with E-state index in [1.807, 2.05) is 97.9 Å². The highest BCUT2D eigenvalue weighted by Gasteiger charge is 2.55. The van der Waals surface area contributed by atoms with E-state index in [9.17, 15) is 5.11 Å². The highest BCUT2D eigenvalue weighted by Crippen LogP contribution is 2.37. The van der Waals surface area contributed by atoms with Crippen molar-refractivity contribution in [3.05, 3.63) is 108 Å². The van der Waals surface area contributed by atoms with Gasteiger partial charge in [-0.05, 0) is 16.7 Å². The quantitative estimate of drug-likeness (QED) is 0.454. The van der Waals surface area contributed by atoms with Crippen molar-refractivity contribution in [3.8, 4) is 0 Å². The molecule has 0 aromatic heterocycles. The number of aliphatic hydroxyl groups is 1. The van der Waals surface area contributed by atoms with Gasteiger partial charge in [-0.15, -0.1) is 0 Å². The Hall–Kier alpha value is -2.54. The van der Waals surface area contributed by atoms with E-state index in [0.717, 1.165) is 16.7 Å². The summed E-state index contributed by atoms with van der Waals surface area (Å²) in [6.45, 7) is 3.41. The van der Waals surface area contributed by atoms with Crippen molar-refractivity contribution < 1.29 is 24.1 Å². The number of benzene rings is 3. The van der Waals surface area contributed by atoms with Crippen LogP contribution in [-0.4, -0.2) is 35.8 Å². The average Bonchev–Trinajstić information content (AvgIpc) is 3.14. The molecule has 1 aliphatic heterocycles. The number of hydrogen-bond acceptors (Lipinski definition) is 5.